The molecule has 0 spiro atoms. The Morgan fingerprint density at radius 2 is 2.21 bits per heavy atom. The first-order valence-corrected chi connectivity index (χ1v) is 7.56. The molecule has 0 radical (unpaired) electrons. The fourth-order valence-electron chi connectivity index (χ4n) is 1.44. The standard InChI is InChI=1S/C12H15ClN2O3S/c1-3-18-8-9(2)15-19(16,17)12-6-10(7-14)4-5-11(12)13/h4-6,9,15H,3,8H2,1-2H3. The molecule has 5 nitrogen and oxygen atoms in total. The molecule has 1 N–H and O–H groups in total. The van der Waals surface area contributed by atoms with Crippen molar-refractivity contribution in [2.45, 2.75) is 24.8 Å². The number of hydrogen-bond acceptors (Lipinski definition) is 4. The highest BCUT2D eigenvalue weighted by Crippen LogP contribution is 2.22. The van der Waals surface area contributed by atoms with Gasteiger partial charge >= 0.3 is 0 Å². The maximum Gasteiger partial charge on any atom is 0.242 e. The van der Waals surface area contributed by atoms with Gasteiger partial charge in [0.25, 0.3) is 0 Å². The lowest BCUT2D eigenvalue weighted by Gasteiger charge is -2.14. The first kappa shape index (κ1) is 15.9. The van der Waals surface area contributed by atoms with Gasteiger partial charge in [-0.15, -0.1) is 0 Å². The van der Waals surface area contributed by atoms with Gasteiger partial charge in [0.1, 0.15) is 4.90 Å². The number of hydrogen-bond donors (Lipinski definition) is 1. The van der Waals surface area contributed by atoms with Crippen LogP contribution in [0.1, 0.15) is 19.4 Å². The lowest BCUT2D eigenvalue weighted by Crippen LogP contribution is -2.36. The van der Waals surface area contributed by atoms with Gasteiger partial charge in [-0.05, 0) is 32.0 Å². The summed E-state index contributed by atoms with van der Waals surface area (Å²) in [7, 11) is -3.77. The zero-order valence-electron chi connectivity index (χ0n) is 10.7. The number of halogens is 1. The van der Waals surface area contributed by atoms with E-state index < -0.39 is 10.0 Å². The Balaban J connectivity index is 2.97. The van der Waals surface area contributed by atoms with Crippen LogP contribution in [0.3, 0.4) is 0 Å². The Morgan fingerprint density at radius 3 is 2.79 bits per heavy atom. The molecule has 0 amide bonds. The third-order valence-corrected chi connectivity index (χ3v) is 4.35. The van der Waals surface area contributed by atoms with Crippen LogP contribution in [0.25, 0.3) is 0 Å². The van der Waals surface area contributed by atoms with Crippen molar-refractivity contribution in [1.82, 2.24) is 4.72 Å². The van der Waals surface area contributed by atoms with Crippen LogP contribution in [0, 0.1) is 11.3 Å². The molecule has 0 saturated heterocycles. The average molecular weight is 303 g/mol. The topological polar surface area (TPSA) is 79.2 Å². The van der Waals surface area contributed by atoms with E-state index in [1.165, 1.54) is 18.2 Å². The SMILES string of the molecule is CCOCC(C)NS(=O)(=O)c1cc(C#N)ccc1Cl. The minimum Gasteiger partial charge on any atom is -0.380 e. The monoisotopic (exact) mass is 302 g/mol. The van der Waals surface area contributed by atoms with Crippen molar-refractivity contribution in [2.24, 2.45) is 0 Å². The number of sulfonamides is 1. The summed E-state index contributed by atoms with van der Waals surface area (Å²) in [5.41, 5.74) is 0.238. The molecule has 0 aromatic heterocycles. The largest absolute Gasteiger partial charge is 0.380 e. The van der Waals surface area contributed by atoms with Gasteiger partial charge in [-0.2, -0.15) is 5.26 Å². The molecule has 1 aromatic carbocycles. The van der Waals surface area contributed by atoms with Gasteiger partial charge in [-0.25, -0.2) is 13.1 Å². The van der Waals surface area contributed by atoms with E-state index in [0.29, 0.717) is 6.61 Å². The summed E-state index contributed by atoms with van der Waals surface area (Å²) in [6.07, 6.45) is 0. The lowest BCUT2D eigenvalue weighted by molar-refractivity contribution is 0.133. The number of nitriles is 1. The number of benzene rings is 1. The number of nitrogens with zero attached hydrogens (tertiary/aromatic N) is 1. The molecule has 1 unspecified atom stereocenters. The molecule has 19 heavy (non-hydrogen) atoms. The Bertz CT molecular complexity index is 581. The summed E-state index contributed by atoms with van der Waals surface area (Å²) in [6.45, 7) is 4.30. The van der Waals surface area contributed by atoms with Gasteiger partial charge in [-0.3, -0.25) is 0 Å². The zero-order chi connectivity index (χ0) is 14.5. The zero-order valence-corrected chi connectivity index (χ0v) is 12.3. The van der Waals surface area contributed by atoms with Gasteiger partial charge < -0.3 is 4.74 Å². The van der Waals surface area contributed by atoms with Crippen LogP contribution < -0.4 is 4.72 Å². The molecule has 1 atom stereocenters. The Morgan fingerprint density at radius 1 is 1.53 bits per heavy atom. The maximum atomic E-state index is 12.1. The first-order valence-electron chi connectivity index (χ1n) is 5.70. The summed E-state index contributed by atoms with van der Waals surface area (Å²) < 4.78 is 31.9. The van der Waals surface area contributed by atoms with Crippen LogP contribution in [0.15, 0.2) is 23.1 Å². The highest BCUT2D eigenvalue weighted by atomic mass is 35.5. The van der Waals surface area contributed by atoms with Crippen molar-refractivity contribution >= 4 is 21.6 Å². The van der Waals surface area contributed by atoms with Gasteiger partial charge in [0.15, 0.2) is 0 Å². The second-order valence-corrected chi connectivity index (χ2v) is 6.03. The van der Waals surface area contributed by atoms with Crippen molar-refractivity contribution in [3.63, 3.8) is 0 Å². The van der Waals surface area contributed by atoms with Crippen molar-refractivity contribution in [3.8, 4) is 6.07 Å². The van der Waals surface area contributed by atoms with Gasteiger partial charge in [-0.1, -0.05) is 11.6 Å². The molecule has 1 aromatic rings. The average Bonchev–Trinajstić information content (AvgIpc) is 2.36. The number of nitrogens with one attached hydrogen (secondary N) is 1. The van der Waals surface area contributed by atoms with Crippen molar-refractivity contribution < 1.29 is 13.2 Å². The van der Waals surface area contributed by atoms with Crippen LogP contribution in [0.2, 0.25) is 5.02 Å². The smallest absolute Gasteiger partial charge is 0.242 e. The van der Waals surface area contributed by atoms with E-state index in [1.807, 2.05) is 13.0 Å². The summed E-state index contributed by atoms with van der Waals surface area (Å²) in [5.74, 6) is 0. The highest BCUT2D eigenvalue weighted by Gasteiger charge is 2.21. The van der Waals surface area contributed by atoms with Crippen LogP contribution >= 0.6 is 11.6 Å². The number of ether oxygens (including phenoxy) is 1. The normalized spacial score (nSPS) is 12.9. The van der Waals surface area contributed by atoms with Gasteiger partial charge in [0.2, 0.25) is 10.0 Å². The fraction of sp³-hybridized carbons (Fsp3) is 0.417. The third-order valence-electron chi connectivity index (χ3n) is 2.28. The van der Waals surface area contributed by atoms with Crippen LogP contribution in [-0.2, 0) is 14.8 Å². The number of rotatable bonds is 6. The van der Waals surface area contributed by atoms with E-state index in [2.05, 4.69) is 4.72 Å². The fourth-order valence-corrected chi connectivity index (χ4v) is 3.19. The summed E-state index contributed by atoms with van der Waals surface area (Å²) in [4.78, 5) is -0.100. The van der Waals surface area contributed by atoms with Crippen LogP contribution in [0.4, 0.5) is 0 Å². The predicted molar refractivity (Wildman–Crippen MR) is 72.4 cm³/mol. The van der Waals surface area contributed by atoms with E-state index in [4.69, 9.17) is 21.6 Å². The van der Waals surface area contributed by atoms with Gasteiger partial charge in [0.05, 0.1) is 23.3 Å². The molecule has 0 aliphatic heterocycles. The molecular formula is C12H15ClN2O3S. The molecule has 0 aliphatic rings. The first-order chi connectivity index (χ1) is 8.90. The summed E-state index contributed by atoms with van der Waals surface area (Å²) >= 11 is 5.87. The minimum atomic E-state index is -3.77. The van der Waals surface area contributed by atoms with Gasteiger partial charge in [0, 0.05) is 12.6 Å². The quantitative estimate of drug-likeness (QED) is 0.870. The molecule has 0 saturated carbocycles. The second-order valence-electron chi connectivity index (χ2n) is 3.94. The maximum absolute atomic E-state index is 12.1. The van der Waals surface area contributed by atoms with E-state index in [1.54, 1.807) is 6.92 Å². The summed E-state index contributed by atoms with van der Waals surface area (Å²) in [5, 5.41) is 8.87. The second kappa shape index (κ2) is 6.87. The third kappa shape index (κ3) is 4.48. The molecule has 7 heteroatoms. The van der Waals surface area contributed by atoms with E-state index in [0.717, 1.165) is 0 Å². The lowest BCUT2D eigenvalue weighted by atomic mass is 10.2. The molecule has 1 rings (SSSR count). The molecular weight excluding hydrogens is 288 g/mol. The highest BCUT2D eigenvalue weighted by molar-refractivity contribution is 7.89. The Labute approximate surface area is 118 Å². The van der Waals surface area contributed by atoms with Crippen molar-refractivity contribution in [3.05, 3.63) is 28.8 Å². The van der Waals surface area contributed by atoms with E-state index in [-0.39, 0.29) is 28.1 Å². The molecule has 0 bridgehead atoms. The molecule has 104 valence electrons. The Kier molecular flexibility index (Phi) is 5.76. The Hall–Kier alpha value is -1.13. The van der Waals surface area contributed by atoms with Crippen molar-refractivity contribution in [2.75, 3.05) is 13.2 Å². The minimum absolute atomic E-state index is 0.0788. The van der Waals surface area contributed by atoms with E-state index in [9.17, 15) is 8.42 Å². The molecule has 0 heterocycles. The molecule has 0 fully saturated rings. The van der Waals surface area contributed by atoms with Crippen LogP contribution in [-0.4, -0.2) is 27.7 Å². The van der Waals surface area contributed by atoms with E-state index >= 15 is 0 Å². The van der Waals surface area contributed by atoms with Crippen LogP contribution in [0.5, 0.6) is 0 Å². The van der Waals surface area contributed by atoms with Crippen molar-refractivity contribution in [1.29, 1.82) is 5.26 Å². The summed E-state index contributed by atoms with van der Waals surface area (Å²) in [6, 6.07) is 5.60. The molecule has 0 aliphatic carbocycles. The predicted octanol–water partition coefficient (Wildman–Crippen LogP) is 1.91.